The van der Waals surface area contributed by atoms with Crippen molar-refractivity contribution < 1.29 is 28.9 Å². The summed E-state index contributed by atoms with van der Waals surface area (Å²) in [7, 11) is 0. The van der Waals surface area contributed by atoms with Crippen LogP contribution < -0.4 is 0 Å². The number of hydrogen-bond donors (Lipinski definition) is 1. The minimum Gasteiger partial charge on any atom is -0.481 e. The van der Waals surface area contributed by atoms with Gasteiger partial charge < -0.3 is 19.3 Å². The fraction of sp³-hybridized carbons (Fsp3) is 0.875. The van der Waals surface area contributed by atoms with Gasteiger partial charge in [0.2, 0.25) is 0 Å². The minimum atomic E-state index is -0.702. The van der Waals surface area contributed by atoms with Gasteiger partial charge in [-0.2, -0.15) is 0 Å². The van der Waals surface area contributed by atoms with Crippen LogP contribution >= 0.6 is 0 Å². The van der Waals surface area contributed by atoms with Crippen molar-refractivity contribution in [1.29, 1.82) is 0 Å². The summed E-state index contributed by atoms with van der Waals surface area (Å²) in [5.41, 5.74) is -0.545. The number of hydrogen-bond acceptors (Lipinski definition) is 5. The van der Waals surface area contributed by atoms with E-state index in [0.29, 0.717) is 32.8 Å². The molecule has 0 spiro atoms. The van der Waals surface area contributed by atoms with Gasteiger partial charge in [-0.25, -0.2) is 0 Å². The Morgan fingerprint density at radius 2 is 1.59 bits per heavy atom. The Hall–Kier alpha value is -1.14. The Labute approximate surface area is 131 Å². The van der Waals surface area contributed by atoms with E-state index in [9.17, 15) is 9.59 Å². The molecule has 0 atom stereocenters. The van der Waals surface area contributed by atoms with Crippen molar-refractivity contribution in [3.05, 3.63) is 0 Å². The van der Waals surface area contributed by atoms with Crippen LogP contribution in [-0.4, -0.2) is 50.1 Å². The monoisotopic (exact) mass is 314 g/mol. The Morgan fingerprint density at radius 3 is 2.09 bits per heavy atom. The second-order valence-electron chi connectivity index (χ2n) is 6.21. The highest BCUT2D eigenvalue weighted by Crippen LogP contribution is 2.44. The molecule has 0 heterocycles. The van der Waals surface area contributed by atoms with Crippen LogP contribution in [0.5, 0.6) is 0 Å². The van der Waals surface area contributed by atoms with Crippen molar-refractivity contribution in [3.63, 3.8) is 0 Å². The van der Waals surface area contributed by atoms with Crippen molar-refractivity contribution in [3.8, 4) is 0 Å². The zero-order valence-corrected chi connectivity index (χ0v) is 13.1. The van der Waals surface area contributed by atoms with Crippen LogP contribution in [0.25, 0.3) is 0 Å². The standard InChI is InChI=1S/C16H26O6/c17-14(13-3-1-4-13)22-12-11-21-10-9-20-8-7-16(15(18)19)5-2-6-16/h13H,1-12H2,(H,18,19). The smallest absolute Gasteiger partial charge is 0.309 e. The molecule has 6 nitrogen and oxygen atoms in total. The third-order valence-corrected chi connectivity index (χ3v) is 4.77. The maximum Gasteiger partial charge on any atom is 0.309 e. The van der Waals surface area contributed by atoms with Crippen LogP contribution in [0.15, 0.2) is 0 Å². The molecule has 0 aromatic carbocycles. The first kappa shape index (κ1) is 17.2. The van der Waals surface area contributed by atoms with Gasteiger partial charge in [0.15, 0.2) is 0 Å². The van der Waals surface area contributed by atoms with Crippen LogP contribution in [0, 0.1) is 11.3 Å². The van der Waals surface area contributed by atoms with E-state index >= 15 is 0 Å². The number of ether oxygens (including phenoxy) is 3. The zero-order chi connectivity index (χ0) is 15.8. The molecular weight excluding hydrogens is 288 g/mol. The third-order valence-electron chi connectivity index (χ3n) is 4.77. The number of carboxylic acid groups (broad SMARTS) is 1. The Kier molecular flexibility index (Phi) is 6.64. The predicted molar refractivity (Wildman–Crippen MR) is 78.5 cm³/mol. The minimum absolute atomic E-state index is 0.106. The van der Waals surface area contributed by atoms with Crippen LogP contribution in [0.4, 0.5) is 0 Å². The molecule has 0 radical (unpaired) electrons. The lowest BCUT2D eigenvalue weighted by molar-refractivity contribution is -0.156. The largest absolute Gasteiger partial charge is 0.481 e. The maximum atomic E-state index is 11.4. The molecule has 0 amide bonds. The molecule has 2 saturated carbocycles. The topological polar surface area (TPSA) is 82.1 Å². The zero-order valence-electron chi connectivity index (χ0n) is 13.1. The molecule has 1 N–H and O–H groups in total. The number of carbonyl (C=O) groups is 2. The first-order valence-corrected chi connectivity index (χ1v) is 8.20. The SMILES string of the molecule is O=C(OCCOCCOCCC1(C(=O)O)CCC1)C1CCC1. The lowest BCUT2D eigenvalue weighted by Crippen LogP contribution is -2.38. The summed E-state index contributed by atoms with van der Waals surface area (Å²) in [5, 5.41) is 9.17. The molecule has 2 aliphatic carbocycles. The second kappa shape index (κ2) is 8.48. The van der Waals surface area contributed by atoms with E-state index in [4.69, 9.17) is 19.3 Å². The van der Waals surface area contributed by atoms with Crippen LogP contribution in [0.2, 0.25) is 0 Å². The van der Waals surface area contributed by atoms with Gasteiger partial charge in [-0.05, 0) is 32.1 Å². The molecule has 0 unspecified atom stereocenters. The first-order valence-electron chi connectivity index (χ1n) is 8.20. The number of esters is 1. The van der Waals surface area contributed by atoms with Crippen molar-refractivity contribution >= 4 is 11.9 Å². The first-order chi connectivity index (χ1) is 10.6. The van der Waals surface area contributed by atoms with Gasteiger partial charge in [0, 0.05) is 6.61 Å². The Balaban J connectivity index is 1.38. The lowest BCUT2D eigenvalue weighted by atomic mass is 9.67. The maximum absolute atomic E-state index is 11.4. The van der Waals surface area contributed by atoms with E-state index in [1.165, 1.54) is 0 Å². The molecule has 0 bridgehead atoms. The second-order valence-corrected chi connectivity index (χ2v) is 6.21. The van der Waals surface area contributed by atoms with Crippen molar-refractivity contribution in [1.82, 2.24) is 0 Å². The van der Waals surface area contributed by atoms with Crippen molar-refractivity contribution in [2.24, 2.45) is 11.3 Å². The molecule has 0 aliphatic heterocycles. The lowest BCUT2D eigenvalue weighted by Gasteiger charge is -2.37. The van der Waals surface area contributed by atoms with Gasteiger partial charge in [-0.15, -0.1) is 0 Å². The molecule has 0 aromatic rings. The molecule has 2 aliphatic rings. The quantitative estimate of drug-likeness (QED) is 0.464. The van der Waals surface area contributed by atoms with E-state index in [1.54, 1.807) is 0 Å². The summed E-state index contributed by atoms with van der Waals surface area (Å²) in [4.78, 5) is 22.6. The number of carboxylic acids is 1. The fourth-order valence-electron chi connectivity index (χ4n) is 2.73. The summed E-state index contributed by atoms with van der Waals surface area (Å²) in [6.07, 6.45) is 6.10. The van der Waals surface area contributed by atoms with E-state index in [2.05, 4.69) is 0 Å². The summed E-state index contributed by atoms with van der Waals surface area (Å²) in [6.45, 7) is 1.98. The molecule has 6 heteroatoms. The average molecular weight is 314 g/mol. The third kappa shape index (κ3) is 4.68. The fourth-order valence-corrected chi connectivity index (χ4v) is 2.73. The van der Waals surface area contributed by atoms with Crippen LogP contribution in [0.3, 0.4) is 0 Å². The van der Waals surface area contributed by atoms with E-state index in [-0.39, 0.29) is 18.5 Å². The summed E-state index contributed by atoms with van der Waals surface area (Å²) in [6, 6.07) is 0. The van der Waals surface area contributed by atoms with Gasteiger partial charge in [-0.1, -0.05) is 12.8 Å². The van der Waals surface area contributed by atoms with Gasteiger partial charge in [0.25, 0.3) is 0 Å². The molecule has 0 aromatic heterocycles. The molecule has 22 heavy (non-hydrogen) atoms. The van der Waals surface area contributed by atoms with Gasteiger partial charge >= 0.3 is 11.9 Å². The summed E-state index contributed by atoms with van der Waals surface area (Å²) < 4.78 is 15.8. The Morgan fingerprint density at radius 1 is 0.955 bits per heavy atom. The number of carbonyl (C=O) groups excluding carboxylic acids is 1. The molecule has 126 valence electrons. The van der Waals surface area contributed by atoms with E-state index in [1.807, 2.05) is 0 Å². The van der Waals surface area contributed by atoms with Crippen molar-refractivity contribution in [2.45, 2.75) is 44.9 Å². The van der Waals surface area contributed by atoms with Crippen LogP contribution in [-0.2, 0) is 23.8 Å². The highest BCUT2D eigenvalue weighted by Gasteiger charge is 2.43. The molecule has 0 saturated heterocycles. The van der Waals surface area contributed by atoms with E-state index in [0.717, 1.165) is 38.5 Å². The van der Waals surface area contributed by atoms with Crippen molar-refractivity contribution in [2.75, 3.05) is 33.0 Å². The van der Waals surface area contributed by atoms with Crippen LogP contribution in [0.1, 0.15) is 44.9 Å². The Bertz CT molecular complexity index is 373. The average Bonchev–Trinajstić information content (AvgIpc) is 2.36. The normalized spacial score (nSPS) is 20.0. The number of aliphatic carboxylic acids is 1. The molecular formula is C16H26O6. The highest BCUT2D eigenvalue weighted by atomic mass is 16.6. The number of rotatable bonds is 11. The predicted octanol–water partition coefficient (Wildman–Crippen LogP) is 2.01. The molecule has 2 rings (SSSR count). The van der Waals surface area contributed by atoms with Gasteiger partial charge in [0.05, 0.1) is 31.2 Å². The van der Waals surface area contributed by atoms with E-state index < -0.39 is 11.4 Å². The highest BCUT2D eigenvalue weighted by molar-refractivity contribution is 5.75. The van der Waals surface area contributed by atoms with Gasteiger partial charge in [0.1, 0.15) is 6.61 Å². The summed E-state index contributed by atoms with van der Waals surface area (Å²) >= 11 is 0. The molecule has 2 fully saturated rings. The van der Waals surface area contributed by atoms with Gasteiger partial charge in [-0.3, -0.25) is 9.59 Å². The summed E-state index contributed by atoms with van der Waals surface area (Å²) in [5.74, 6) is -0.700.